The molecule has 0 unspecified atom stereocenters. The fraction of sp³-hybridized carbons (Fsp3) is 0.750. The van der Waals surface area contributed by atoms with Crippen molar-refractivity contribution in [2.75, 3.05) is 18.4 Å². The van der Waals surface area contributed by atoms with Crippen LogP contribution in [0.5, 0.6) is 0 Å². The van der Waals surface area contributed by atoms with Crippen molar-refractivity contribution in [1.29, 1.82) is 0 Å². The zero-order valence-corrected chi connectivity index (χ0v) is 13.2. The monoisotopic (exact) mass is 276 g/mol. The average Bonchev–Trinajstić information content (AvgIpc) is 2.45. The normalized spacial score (nSPS) is 16.6. The van der Waals surface area contributed by atoms with Gasteiger partial charge >= 0.3 is 0 Å². The second-order valence-electron chi connectivity index (χ2n) is 5.70. The van der Waals surface area contributed by atoms with Crippen LogP contribution in [0.1, 0.15) is 57.5 Å². The van der Waals surface area contributed by atoms with Gasteiger partial charge in [-0.05, 0) is 33.2 Å². The van der Waals surface area contributed by atoms with E-state index in [4.69, 9.17) is 0 Å². The zero-order chi connectivity index (χ0) is 14.4. The predicted molar refractivity (Wildman–Crippen MR) is 83.9 cm³/mol. The van der Waals surface area contributed by atoms with Crippen molar-refractivity contribution in [2.24, 2.45) is 0 Å². The third-order valence-corrected chi connectivity index (χ3v) is 4.10. The maximum Gasteiger partial charge on any atom is 0.144 e. The molecule has 2 rings (SSSR count). The summed E-state index contributed by atoms with van der Waals surface area (Å²) in [6.07, 6.45) is 6.82. The van der Waals surface area contributed by atoms with E-state index in [0.29, 0.717) is 0 Å². The Kier molecular flexibility index (Phi) is 5.77. The van der Waals surface area contributed by atoms with Crippen LogP contribution in [0.25, 0.3) is 0 Å². The van der Waals surface area contributed by atoms with Gasteiger partial charge in [-0.2, -0.15) is 0 Å². The van der Waals surface area contributed by atoms with E-state index in [9.17, 15) is 0 Å². The molecule has 1 aromatic rings. The van der Waals surface area contributed by atoms with E-state index >= 15 is 0 Å². The van der Waals surface area contributed by atoms with Crippen LogP contribution in [-0.2, 0) is 6.54 Å². The summed E-state index contributed by atoms with van der Waals surface area (Å²) in [5.74, 6) is 1.91. The topological polar surface area (TPSA) is 41.1 Å². The summed E-state index contributed by atoms with van der Waals surface area (Å²) in [7, 11) is 0. The lowest BCUT2D eigenvalue weighted by molar-refractivity contribution is 0.152. The molecule has 20 heavy (non-hydrogen) atoms. The van der Waals surface area contributed by atoms with Gasteiger partial charge in [-0.25, -0.2) is 9.97 Å². The van der Waals surface area contributed by atoms with Crippen LogP contribution in [0.3, 0.4) is 0 Å². The van der Waals surface area contributed by atoms with Crippen LogP contribution in [0.15, 0.2) is 6.07 Å². The molecule has 1 aliphatic carbocycles. The molecule has 1 heterocycles. The van der Waals surface area contributed by atoms with Gasteiger partial charge in [-0.15, -0.1) is 0 Å². The summed E-state index contributed by atoms with van der Waals surface area (Å²) in [5, 5.41) is 3.29. The lowest BCUT2D eigenvalue weighted by Gasteiger charge is -2.33. The van der Waals surface area contributed by atoms with Crippen molar-refractivity contribution in [3.05, 3.63) is 17.6 Å². The Labute approximate surface area is 123 Å². The number of aromatic nitrogens is 2. The third-order valence-electron chi connectivity index (χ3n) is 4.10. The lowest BCUT2D eigenvalue weighted by atomic mass is 9.94. The highest BCUT2D eigenvalue weighted by molar-refractivity contribution is 5.35. The summed E-state index contributed by atoms with van der Waals surface area (Å²) in [6.45, 7) is 9.24. The van der Waals surface area contributed by atoms with Gasteiger partial charge in [0.15, 0.2) is 0 Å². The first-order chi connectivity index (χ1) is 9.72. The maximum atomic E-state index is 4.64. The second kappa shape index (κ2) is 7.58. The van der Waals surface area contributed by atoms with Gasteiger partial charge in [0.1, 0.15) is 11.6 Å². The van der Waals surface area contributed by atoms with Gasteiger partial charge in [-0.3, -0.25) is 4.90 Å². The highest BCUT2D eigenvalue weighted by Crippen LogP contribution is 2.23. The summed E-state index contributed by atoms with van der Waals surface area (Å²) < 4.78 is 0. The second-order valence-corrected chi connectivity index (χ2v) is 5.70. The van der Waals surface area contributed by atoms with Crippen LogP contribution in [0.4, 0.5) is 5.82 Å². The quantitative estimate of drug-likeness (QED) is 0.865. The molecule has 1 saturated carbocycles. The Balaban J connectivity index is 2.06. The van der Waals surface area contributed by atoms with Crippen LogP contribution in [0, 0.1) is 6.92 Å². The summed E-state index contributed by atoms with van der Waals surface area (Å²) in [5.41, 5.74) is 1.05. The first-order valence-corrected chi connectivity index (χ1v) is 8.05. The number of nitrogens with one attached hydrogen (secondary N) is 1. The van der Waals surface area contributed by atoms with Crippen molar-refractivity contribution >= 4 is 5.82 Å². The molecular formula is C16H28N4. The molecule has 0 spiro atoms. The van der Waals surface area contributed by atoms with Crippen molar-refractivity contribution in [2.45, 2.75) is 65.5 Å². The minimum atomic E-state index is 0.723. The van der Waals surface area contributed by atoms with E-state index in [2.05, 4.69) is 34.0 Å². The van der Waals surface area contributed by atoms with E-state index in [-0.39, 0.29) is 0 Å². The molecule has 0 aromatic carbocycles. The number of aryl methyl sites for hydroxylation is 1. The van der Waals surface area contributed by atoms with Gasteiger partial charge in [-0.1, -0.05) is 26.2 Å². The zero-order valence-electron chi connectivity index (χ0n) is 13.2. The Hall–Kier alpha value is -1.16. The van der Waals surface area contributed by atoms with Gasteiger partial charge in [0, 0.05) is 24.3 Å². The molecule has 4 nitrogen and oxygen atoms in total. The summed E-state index contributed by atoms with van der Waals surface area (Å²) >= 11 is 0. The molecular weight excluding hydrogens is 248 g/mol. The Morgan fingerprint density at radius 2 is 1.95 bits per heavy atom. The molecule has 1 fully saturated rings. The largest absolute Gasteiger partial charge is 0.370 e. The molecule has 0 amide bonds. The first-order valence-electron chi connectivity index (χ1n) is 8.05. The predicted octanol–water partition coefficient (Wildman–Crippen LogP) is 3.37. The summed E-state index contributed by atoms with van der Waals surface area (Å²) in [6, 6.07) is 2.74. The van der Waals surface area contributed by atoms with Crippen LogP contribution >= 0.6 is 0 Å². The summed E-state index contributed by atoms with van der Waals surface area (Å²) in [4.78, 5) is 11.8. The van der Waals surface area contributed by atoms with E-state index < -0.39 is 0 Å². The van der Waals surface area contributed by atoms with E-state index in [1.54, 1.807) is 0 Å². The standard InChI is InChI=1S/C16H28N4/c1-4-17-15-11-13(3)18-16(19-15)12-20(5-2)14-9-7-6-8-10-14/h11,14H,4-10,12H2,1-3H3,(H,17,18,19). The smallest absolute Gasteiger partial charge is 0.144 e. The number of hydrogen-bond acceptors (Lipinski definition) is 4. The third kappa shape index (κ3) is 4.17. The Morgan fingerprint density at radius 3 is 2.60 bits per heavy atom. The number of anilines is 1. The molecule has 0 aliphatic heterocycles. The molecule has 4 heteroatoms. The molecule has 1 aromatic heterocycles. The molecule has 112 valence electrons. The highest BCUT2D eigenvalue weighted by Gasteiger charge is 2.20. The Morgan fingerprint density at radius 1 is 1.20 bits per heavy atom. The fourth-order valence-electron chi connectivity index (χ4n) is 3.10. The Bertz CT molecular complexity index is 413. The molecule has 1 N–H and O–H groups in total. The first kappa shape index (κ1) is 15.2. The van der Waals surface area contributed by atoms with Crippen LogP contribution in [-0.4, -0.2) is 34.0 Å². The molecule has 0 atom stereocenters. The molecule has 0 saturated heterocycles. The SMILES string of the molecule is CCNc1cc(C)nc(CN(CC)C2CCCCC2)n1. The number of rotatable bonds is 6. The van der Waals surface area contributed by atoms with Gasteiger partial charge in [0.25, 0.3) is 0 Å². The van der Waals surface area contributed by atoms with Gasteiger partial charge in [0.2, 0.25) is 0 Å². The van der Waals surface area contributed by atoms with E-state index in [1.807, 2.05) is 13.0 Å². The fourth-order valence-corrected chi connectivity index (χ4v) is 3.10. The lowest BCUT2D eigenvalue weighted by Crippen LogP contribution is -2.36. The molecule has 0 bridgehead atoms. The van der Waals surface area contributed by atoms with Crippen molar-refractivity contribution in [3.63, 3.8) is 0 Å². The van der Waals surface area contributed by atoms with E-state index in [0.717, 1.165) is 43.0 Å². The average molecular weight is 276 g/mol. The number of hydrogen-bond donors (Lipinski definition) is 1. The molecule has 1 aliphatic rings. The van der Waals surface area contributed by atoms with Crippen molar-refractivity contribution in [3.8, 4) is 0 Å². The number of nitrogens with zero attached hydrogens (tertiary/aromatic N) is 3. The minimum absolute atomic E-state index is 0.723. The van der Waals surface area contributed by atoms with Crippen LogP contribution in [0.2, 0.25) is 0 Å². The van der Waals surface area contributed by atoms with E-state index in [1.165, 1.54) is 32.1 Å². The highest BCUT2D eigenvalue weighted by atomic mass is 15.2. The van der Waals surface area contributed by atoms with Crippen LogP contribution < -0.4 is 5.32 Å². The maximum absolute atomic E-state index is 4.64. The van der Waals surface area contributed by atoms with Gasteiger partial charge in [0.05, 0.1) is 6.54 Å². The van der Waals surface area contributed by atoms with Crippen molar-refractivity contribution < 1.29 is 0 Å². The minimum Gasteiger partial charge on any atom is -0.370 e. The van der Waals surface area contributed by atoms with Gasteiger partial charge < -0.3 is 5.32 Å². The molecule has 0 radical (unpaired) electrons. The van der Waals surface area contributed by atoms with Crippen molar-refractivity contribution in [1.82, 2.24) is 14.9 Å².